The smallest absolute Gasteiger partial charge is 0.214 e. The van der Waals surface area contributed by atoms with Gasteiger partial charge in [0.2, 0.25) is 5.71 Å². The summed E-state index contributed by atoms with van der Waals surface area (Å²) in [7, 11) is 4.70. The van der Waals surface area contributed by atoms with Crippen LogP contribution in [0.15, 0.2) is 35.9 Å². The third-order valence-corrected chi connectivity index (χ3v) is 4.03. The zero-order chi connectivity index (χ0) is 18.0. The Labute approximate surface area is 145 Å². The van der Waals surface area contributed by atoms with Crippen LogP contribution in [0.4, 0.5) is 4.39 Å². The van der Waals surface area contributed by atoms with E-state index in [0.717, 1.165) is 11.1 Å². The predicted molar refractivity (Wildman–Crippen MR) is 92.0 cm³/mol. The Morgan fingerprint density at radius 3 is 2.36 bits per heavy atom. The van der Waals surface area contributed by atoms with Crippen LogP contribution in [0.5, 0.6) is 23.0 Å². The number of methoxy groups -OCH3 is 3. The van der Waals surface area contributed by atoms with Crippen molar-refractivity contribution in [3.05, 3.63) is 52.8 Å². The summed E-state index contributed by atoms with van der Waals surface area (Å²) in [5.74, 6) is 1.84. The molecule has 1 aliphatic heterocycles. The van der Waals surface area contributed by atoms with Gasteiger partial charge in [0.15, 0.2) is 11.5 Å². The summed E-state index contributed by atoms with van der Waals surface area (Å²) in [5.41, 5.74) is 2.74. The van der Waals surface area contributed by atoms with Crippen molar-refractivity contribution in [2.45, 2.75) is 0 Å². The van der Waals surface area contributed by atoms with Crippen molar-refractivity contribution in [3.8, 4) is 23.0 Å². The highest BCUT2D eigenvalue weighted by molar-refractivity contribution is 6.14. The zero-order valence-corrected chi connectivity index (χ0v) is 14.3. The molecule has 0 spiro atoms. The van der Waals surface area contributed by atoms with E-state index in [2.05, 4.69) is 0 Å². The Hall–Kier alpha value is -3.02. The average molecular weight is 344 g/mol. The molecule has 0 atom stereocenters. The molecule has 1 heterocycles. The molecular formula is C19H19FNO4+. The van der Waals surface area contributed by atoms with E-state index in [1.165, 1.54) is 12.1 Å². The molecule has 0 saturated carbocycles. The lowest BCUT2D eigenvalue weighted by molar-refractivity contribution is -0.112. The summed E-state index contributed by atoms with van der Waals surface area (Å²) in [4.78, 5) is 0. The summed E-state index contributed by atoms with van der Waals surface area (Å²) in [6.07, 6.45) is 1.86. The molecule has 2 aromatic carbocycles. The van der Waals surface area contributed by atoms with Gasteiger partial charge >= 0.3 is 0 Å². The van der Waals surface area contributed by atoms with Crippen LogP contribution >= 0.6 is 0 Å². The maximum Gasteiger partial charge on any atom is 0.214 e. The van der Waals surface area contributed by atoms with Gasteiger partial charge in [0.1, 0.15) is 23.9 Å². The van der Waals surface area contributed by atoms with Crippen LogP contribution in [0, 0.1) is 5.82 Å². The molecule has 2 aromatic rings. The minimum atomic E-state index is -0.361. The van der Waals surface area contributed by atoms with E-state index in [1.807, 2.05) is 6.08 Å². The van der Waals surface area contributed by atoms with Gasteiger partial charge < -0.3 is 18.9 Å². The van der Waals surface area contributed by atoms with Crippen molar-refractivity contribution < 1.29 is 28.7 Å². The highest BCUT2D eigenvalue weighted by Crippen LogP contribution is 2.36. The third kappa shape index (κ3) is 3.15. The van der Waals surface area contributed by atoms with E-state index in [0.29, 0.717) is 34.3 Å². The van der Waals surface area contributed by atoms with Gasteiger partial charge in [-0.25, -0.2) is 4.39 Å². The molecule has 0 radical (unpaired) electrons. The summed E-state index contributed by atoms with van der Waals surface area (Å²) in [6.45, 7) is 0.236. The summed E-state index contributed by atoms with van der Waals surface area (Å²) >= 11 is 0. The molecule has 0 bridgehead atoms. The summed E-state index contributed by atoms with van der Waals surface area (Å²) in [5, 5.41) is 6.26. The fourth-order valence-corrected chi connectivity index (χ4v) is 2.72. The highest BCUT2D eigenvalue weighted by atomic mass is 19.1. The molecule has 0 aliphatic carbocycles. The molecule has 2 N–H and O–H groups in total. The van der Waals surface area contributed by atoms with Gasteiger partial charge in [-0.3, -0.25) is 5.41 Å². The maximum absolute atomic E-state index is 13.3. The van der Waals surface area contributed by atoms with Gasteiger partial charge in [0.25, 0.3) is 0 Å². The number of hydrogen-bond donors (Lipinski definition) is 1. The van der Waals surface area contributed by atoms with E-state index in [1.54, 1.807) is 39.5 Å². The standard InChI is InChI=1S/C19H18FNO4/c1-22-15-9-18(24-3)17(23-2)7-11(15)6-12-10-25-16-8-13(20)4-5-14(16)19(12)21/h4-9,21H,10H2,1-3H3/p+1/b12-6-,21-19?. The number of halogens is 1. The van der Waals surface area contributed by atoms with Gasteiger partial charge in [0.05, 0.1) is 32.5 Å². The molecule has 0 saturated heterocycles. The number of nitrogens with two attached hydrogens (primary N) is 1. The normalized spacial score (nSPS) is 14.7. The first kappa shape index (κ1) is 16.8. The van der Waals surface area contributed by atoms with Crippen LogP contribution in [-0.4, -0.2) is 33.6 Å². The van der Waals surface area contributed by atoms with Gasteiger partial charge in [0, 0.05) is 17.7 Å². The molecule has 3 rings (SSSR count). The minimum absolute atomic E-state index is 0.236. The summed E-state index contributed by atoms with van der Waals surface area (Å²) < 4.78 is 35.0. The molecule has 0 amide bonds. The lowest BCUT2D eigenvalue weighted by atomic mass is 9.97. The van der Waals surface area contributed by atoms with Crippen molar-refractivity contribution in [3.63, 3.8) is 0 Å². The second-order valence-electron chi connectivity index (χ2n) is 5.46. The second-order valence-corrected chi connectivity index (χ2v) is 5.46. The first-order chi connectivity index (χ1) is 12.1. The fraction of sp³-hybridized carbons (Fsp3) is 0.211. The fourth-order valence-electron chi connectivity index (χ4n) is 2.72. The third-order valence-electron chi connectivity index (χ3n) is 4.03. The van der Waals surface area contributed by atoms with Gasteiger partial charge in [-0.15, -0.1) is 0 Å². The largest absolute Gasteiger partial charge is 0.496 e. The molecular weight excluding hydrogens is 325 g/mol. The number of ether oxygens (including phenoxy) is 4. The second kappa shape index (κ2) is 6.84. The molecule has 5 nitrogen and oxygen atoms in total. The lowest BCUT2D eigenvalue weighted by Crippen LogP contribution is -2.44. The van der Waals surface area contributed by atoms with Gasteiger partial charge in [-0.1, -0.05) is 0 Å². The Kier molecular flexibility index (Phi) is 4.61. The predicted octanol–water partition coefficient (Wildman–Crippen LogP) is 1.88. The highest BCUT2D eigenvalue weighted by Gasteiger charge is 2.25. The molecule has 0 aromatic heterocycles. The molecule has 1 aliphatic rings. The zero-order valence-electron chi connectivity index (χ0n) is 14.3. The molecule has 0 fully saturated rings. The molecule has 6 heteroatoms. The number of benzene rings is 2. The maximum atomic E-state index is 13.3. The van der Waals surface area contributed by atoms with Crippen LogP contribution in [0.25, 0.3) is 6.08 Å². The van der Waals surface area contributed by atoms with Crippen molar-refractivity contribution >= 4 is 11.8 Å². The average Bonchev–Trinajstić information content (AvgIpc) is 2.63. The summed E-state index contributed by atoms with van der Waals surface area (Å²) in [6, 6.07) is 7.84. The van der Waals surface area contributed by atoms with Crippen molar-refractivity contribution in [1.29, 1.82) is 0 Å². The molecule has 0 unspecified atom stereocenters. The minimum Gasteiger partial charge on any atom is -0.496 e. The Morgan fingerprint density at radius 2 is 1.68 bits per heavy atom. The molecule has 25 heavy (non-hydrogen) atoms. The first-order valence-corrected chi connectivity index (χ1v) is 7.63. The topological polar surface area (TPSA) is 62.5 Å². The van der Waals surface area contributed by atoms with E-state index >= 15 is 0 Å². The SMILES string of the molecule is COc1cc(OC)c(OC)cc1/C=C1/COc2cc(F)ccc2C1=[NH2+]. The van der Waals surface area contributed by atoms with E-state index in [9.17, 15) is 4.39 Å². The van der Waals surface area contributed by atoms with E-state index in [4.69, 9.17) is 24.4 Å². The van der Waals surface area contributed by atoms with Crippen LogP contribution in [0.1, 0.15) is 11.1 Å². The lowest BCUT2D eigenvalue weighted by Gasteiger charge is -2.18. The Morgan fingerprint density at radius 1 is 1.00 bits per heavy atom. The number of rotatable bonds is 4. The first-order valence-electron chi connectivity index (χ1n) is 7.63. The number of fused-ring (bicyclic) bond motifs is 1. The molecule has 130 valence electrons. The van der Waals surface area contributed by atoms with Gasteiger partial charge in [-0.05, 0) is 24.3 Å². The number of hydrogen-bond acceptors (Lipinski definition) is 4. The Bertz CT molecular complexity index is 861. The van der Waals surface area contributed by atoms with Crippen molar-refractivity contribution in [2.75, 3.05) is 27.9 Å². The van der Waals surface area contributed by atoms with Crippen molar-refractivity contribution in [1.82, 2.24) is 0 Å². The van der Waals surface area contributed by atoms with Crippen LogP contribution in [0.3, 0.4) is 0 Å². The quantitative estimate of drug-likeness (QED) is 0.920. The van der Waals surface area contributed by atoms with Crippen LogP contribution in [-0.2, 0) is 0 Å². The van der Waals surface area contributed by atoms with Crippen LogP contribution in [0.2, 0.25) is 0 Å². The van der Waals surface area contributed by atoms with Crippen LogP contribution < -0.4 is 24.4 Å². The van der Waals surface area contributed by atoms with Crippen molar-refractivity contribution in [2.24, 2.45) is 0 Å². The monoisotopic (exact) mass is 344 g/mol. The van der Waals surface area contributed by atoms with Gasteiger partial charge in [-0.2, -0.15) is 0 Å². The van der Waals surface area contributed by atoms with E-state index in [-0.39, 0.29) is 12.4 Å². The Balaban J connectivity index is 2.03. The van der Waals surface area contributed by atoms with E-state index < -0.39 is 0 Å².